The second-order valence-corrected chi connectivity index (χ2v) is 8.55. The minimum Gasteiger partial charge on any atom is -0.493 e. The smallest absolute Gasteiger partial charge is 0.258 e. The summed E-state index contributed by atoms with van der Waals surface area (Å²) < 4.78 is 9.87. The van der Waals surface area contributed by atoms with Crippen molar-refractivity contribution in [3.05, 3.63) is 52.9 Å². The first-order valence-electron chi connectivity index (χ1n) is 9.83. The van der Waals surface area contributed by atoms with Gasteiger partial charge in [0.05, 0.1) is 12.1 Å². The van der Waals surface area contributed by atoms with Gasteiger partial charge in [-0.05, 0) is 42.5 Å². The Morgan fingerprint density at radius 1 is 1.10 bits per heavy atom. The molecular formula is C23H23N3O2S. The van der Waals surface area contributed by atoms with Crippen molar-refractivity contribution in [1.29, 1.82) is 0 Å². The summed E-state index contributed by atoms with van der Waals surface area (Å²) in [6, 6.07) is 12.1. The summed E-state index contributed by atoms with van der Waals surface area (Å²) in [5.41, 5.74) is 3.08. The third kappa shape index (κ3) is 3.12. The van der Waals surface area contributed by atoms with Crippen LogP contribution in [0, 0.1) is 5.92 Å². The number of fused-ring (bicyclic) bond motifs is 2. The Kier molecular flexibility index (Phi) is 4.39. The average molecular weight is 406 g/mol. The molecule has 148 valence electrons. The van der Waals surface area contributed by atoms with Crippen LogP contribution in [0.4, 0.5) is 0 Å². The number of aromatic nitrogens is 3. The van der Waals surface area contributed by atoms with Crippen LogP contribution in [-0.2, 0) is 14.1 Å². The van der Waals surface area contributed by atoms with E-state index in [1.54, 1.807) is 23.4 Å². The first-order valence-corrected chi connectivity index (χ1v) is 11.1. The third-order valence-corrected chi connectivity index (χ3v) is 6.35. The molecule has 29 heavy (non-hydrogen) atoms. The van der Waals surface area contributed by atoms with Gasteiger partial charge in [-0.15, -0.1) is 11.8 Å². The zero-order chi connectivity index (χ0) is 20.1. The van der Waals surface area contributed by atoms with E-state index in [1.807, 2.05) is 48.4 Å². The van der Waals surface area contributed by atoms with Crippen molar-refractivity contribution in [2.75, 3.05) is 12.9 Å². The van der Waals surface area contributed by atoms with Crippen molar-refractivity contribution in [2.24, 2.45) is 20.0 Å². The van der Waals surface area contributed by atoms with Crippen molar-refractivity contribution >= 4 is 33.4 Å². The van der Waals surface area contributed by atoms with Gasteiger partial charge in [0, 0.05) is 48.3 Å². The lowest BCUT2D eigenvalue weighted by Crippen LogP contribution is -2.16. The Bertz CT molecular complexity index is 1300. The van der Waals surface area contributed by atoms with Crippen LogP contribution in [0.15, 0.2) is 52.4 Å². The third-order valence-electron chi connectivity index (χ3n) is 5.66. The Labute approximate surface area is 173 Å². The molecule has 1 aliphatic carbocycles. The van der Waals surface area contributed by atoms with Crippen LogP contribution < -0.4 is 10.3 Å². The van der Waals surface area contributed by atoms with Gasteiger partial charge in [-0.2, -0.15) is 5.10 Å². The lowest BCUT2D eigenvalue weighted by Gasteiger charge is -2.15. The highest BCUT2D eigenvalue weighted by Gasteiger charge is 2.24. The highest BCUT2D eigenvalue weighted by Crippen LogP contribution is 2.40. The molecule has 2 heterocycles. The number of aryl methyl sites for hydroxylation is 2. The number of ether oxygens (including phenoxy) is 1. The molecule has 0 amide bonds. The van der Waals surface area contributed by atoms with Crippen LogP contribution in [0.25, 0.3) is 32.8 Å². The van der Waals surface area contributed by atoms with Gasteiger partial charge in [0.15, 0.2) is 0 Å². The van der Waals surface area contributed by atoms with Crippen LogP contribution in [0.1, 0.15) is 12.8 Å². The minimum absolute atomic E-state index is 0.0112. The van der Waals surface area contributed by atoms with Gasteiger partial charge in [-0.3, -0.25) is 9.48 Å². The summed E-state index contributed by atoms with van der Waals surface area (Å²) in [5.74, 6) is 1.51. The Morgan fingerprint density at radius 3 is 2.59 bits per heavy atom. The number of hydrogen-bond donors (Lipinski definition) is 0. The fourth-order valence-electron chi connectivity index (χ4n) is 3.86. The number of benzene rings is 2. The molecular weight excluding hydrogens is 382 g/mol. The van der Waals surface area contributed by atoms with Crippen LogP contribution >= 0.6 is 11.8 Å². The van der Waals surface area contributed by atoms with E-state index in [2.05, 4.69) is 17.2 Å². The fourth-order valence-corrected chi connectivity index (χ4v) is 4.44. The van der Waals surface area contributed by atoms with E-state index < -0.39 is 0 Å². The number of rotatable bonds is 5. The topological polar surface area (TPSA) is 49.0 Å². The normalized spacial score (nSPS) is 14.0. The summed E-state index contributed by atoms with van der Waals surface area (Å²) in [6.07, 6.45) is 6.44. The van der Waals surface area contributed by atoms with Gasteiger partial charge in [-0.1, -0.05) is 18.2 Å². The number of pyridine rings is 1. The highest BCUT2D eigenvalue weighted by atomic mass is 32.2. The maximum absolute atomic E-state index is 12.7. The first-order chi connectivity index (χ1) is 14.1. The Morgan fingerprint density at radius 2 is 1.86 bits per heavy atom. The van der Waals surface area contributed by atoms with E-state index in [9.17, 15) is 4.79 Å². The van der Waals surface area contributed by atoms with E-state index in [1.165, 1.54) is 12.8 Å². The maximum atomic E-state index is 12.7. The van der Waals surface area contributed by atoms with Crippen molar-refractivity contribution in [3.63, 3.8) is 0 Å². The molecule has 5 nitrogen and oxygen atoms in total. The van der Waals surface area contributed by atoms with E-state index >= 15 is 0 Å². The molecule has 0 N–H and O–H groups in total. The molecule has 1 aliphatic rings. The molecule has 0 saturated heterocycles. The summed E-state index contributed by atoms with van der Waals surface area (Å²) in [4.78, 5) is 12.7. The molecule has 0 unspecified atom stereocenters. The summed E-state index contributed by atoms with van der Waals surface area (Å²) in [7, 11) is 3.77. The van der Waals surface area contributed by atoms with Crippen molar-refractivity contribution < 1.29 is 4.74 Å². The molecule has 2 aromatic heterocycles. The van der Waals surface area contributed by atoms with Gasteiger partial charge in [0.2, 0.25) is 0 Å². The zero-order valence-corrected chi connectivity index (χ0v) is 17.6. The van der Waals surface area contributed by atoms with Crippen LogP contribution in [0.3, 0.4) is 0 Å². The van der Waals surface area contributed by atoms with Crippen molar-refractivity contribution in [3.8, 4) is 16.9 Å². The molecule has 0 radical (unpaired) electrons. The molecule has 0 bridgehead atoms. The molecule has 1 fully saturated rings. The minimum atomic E-state index is 0.0112. The molecule has 0 aliphatic heterocycles. The average Bonchev–Trinajstić information content (AvgIpc) is 3.52. The van der Waals surface area contributed by atoms with E-state index in [4.69, 9.17) is 4.74 Å². The molecule has 6 heteroatoms. The predicted molar refractivity (Wildman–Crippen MR) is 119 cm³/mol. The van der Waals surface area contributed by atoms with Crippen molar-refractivity contribution in [2.45, 2.75) is 17.9 Å². The molecule has 0 atom stereocenters. The number of nitrogens with zero attached hydrogens (tertiary/aromatic N) is 3. The summed E-state index contributed by atoms with van der Waals surface area (Å²) in [6.45, 7) is 0.732. The Hall–Kier alpha value is -2.73. The van der Waals surface area contributed by atoms with E-state index in [0.29, 0.717) is 5.92 Å². The largest absolute Gasteiger partial charge is 0.493 e. The lowest BCUT2D eigenvalue weighted by atomic mass is 9.98. The van der Waals surface area contributed by atoms with Crippen LogP contribution in [0.2, 0.25) is 0 Å². The van der Waals surface area contributed by atoms with Gasteiger partial charge in [0.1, 0.15) is 10.8 Å². The van der Waals surface area contributed by atoms with Crippen LogP contribution in [0.5, 0.6) is 5.75 Å². The van der Waals surface area contributed by atoms with Gasteiger partial charge < -0.3 is 9.30 Å². The molecule has 5 rings (SSSR count). The highest BCUT2D eigenvalue weighted by molar-refractivity contribution is 7.98. The SMILES string of the molecule is CSc1nn(C)c2cc(OCC3CC3)c(-c3cn(C)c(=O)c4ccccc34)cc12. The second-order valence-electron chi connectivity index (χ2n) is 7.76. The first kappa shape index (κ1) is 18.3. The predicted octanol–water partition coefficient (Wildman–Crippen LogP) is 4.60. The summed E-state index contributed by atoms with van der Waals surface area (Å²) >= 11 is 1.64. The molecule has 2 aromatic carbocycles. The van der Waals surface area contributed by atoms with E-state index in [-0.39, 0.29) is 5.56 Å². The molecule has 1 saturated carbocycles. The van der Waals surface area contributed by atoms with Gasteiger partial charge in [0.25, 0.3) is 5.56 Å². The van der Waals surface area contributed by atoms with Gasteiger partial charge in [-0.25, -0.2) is 0 Å². The number of hydrogen-bond acceptors (Lipinski definition) is 4. The summed E-state index contributed by atoms with van der Waals surface area (Å²) in [5, 5.41) is 8.41. The van der Waals surface area contributed by atoms with Crippen LogP contribution in [-0.4, -0.2) is 27.2 Å². The van der Waals surface area contributed by atoms with Crippen molar-refractivity contribution in [1.82, 2.24) is 14.3 Å². The molecule has 4 aromatic rings. The van der Waals surface area contributed by atoms with Gasteiger partial charge >= 0.3 is 0 Å². The number of thioether (sulfide) groups is 1. The quantitative estimate of drug-likeness (QED) is 0.455. The monoisotopic (exact) mass is 405 g/mol. The standard InChI is InChI=1S/C23H23N3O2S/c1-25-12-19(15-6-4-5-7-16(15)23(25)27)17-10-18-20(26(2)24-22(18)29-3)11-21(17)28-13-14-8-9-14/h4-7,10-12,14H,8-9,13H2,1-3H3. The van der Waals surface area contributed by atoms with E-state index in [0.717, 1.165) is 50.2 Å². The molecule has 0 spiro atoms. The second kappa shape index (κ2) is 6.95. The lowest BCUT2D eigenvalue weighted by molar-refractivity contribution is 0.301. The Balaban J connectivity index is 1.81. The maximum Gasteiger partial charge on any atom is 0.258 e. The fraction of sp³-hybridized carbons (Fsp3) is 0.304. The zero-order valence-electron chi connectivity index (χ0n) is 16.8.